The topological polar surface area (TPSA) is 108 Å². The van der Waals surface area contributed by atoms with E-state index >= 15 is 0 Å². The van der Waals surface area contributed by atoms with Crippen LogP contribution in [-0.2, 0) is 9.53 Å². The molecular formula is C13H26N2O5. The zero-order valence-electron chi connectivity index (χ0n) is 12.4. The summed E-state index contributed by atoms with van der Waals surface area (Å²) in [5.41, 5.74) is -1.46. The van der Waals surface area contributed by atoms with E-state index in [0.717, 1.165) is 6.42 Å². The average molecular weight is 290 g/mol. The summed E-state index contributed by atoms with van der Waals surface area (Å²) in [5.74, 6) is -0.529. The molecule has 0 aromatic carbocycles. The number of carboxylic acid groups (broad SMARTS) is 1. The second-order valence-electron chi connectivity index (χ2n) is 5.47. The first-order valence-electron chi connectivity index (χ1n) is 6.76. The molecule has 1 unspecified atom stereocenters. The Balaban J connectivity index is 3.61. The summed E-state index contributed by atoms with van der Waals surface area (Å²) in [7, 11) is 0. The molecule has 7 heteroatoms. The van der Waals surface area contributed by atoms with E-state index in [9.17, 15) is 14.7 Å². The number of aliphatic hydroxyl groups is 1. The lowest BCUT2D eigenvalue weighted by Crippen LogP contribution is -2.46. The van der Waals surface area contributed by atoms with Crippen LogP contribution in [0.3, 0.4) is 0 Å². The van der Waals surface area contributed by atoms with Gasteiger partial charge in [-0.1, -0.05) is 13.8 Å². The summed E-state index contributed by atoms with van der Waals surface area (Å²) in [6, 6.07) is -0.455. The van der Waals surface area contributed by atoms with E-state index in [2.05, 4.69) is 24.5 Å². The highest BCUT2D eigenvalue weighted by Gasteiger charge is 2.24. The Bertz CT molecular complexity index is 305. The van der Waals surface area contributed by atoms with E-state index in [1.165, 1.54) is 6.92 Å². The molecule has 0 saturated carbocycles. The molecule has 0 aromatic heterocycles. The molecule has 0 fully saturated rings. The highest BCUT2D eigenvalue weighted by molar-refractivity contribution is 5.74. The lowest BCUT2D eigenvalue weighted by atomic mass is 10.0. The van der Waals surface area contributed by atoms with Crippen LogP contribution in [0.2, 0.25) is 0 Å². The third-order valence-electron chi connectivity index (χ3n) is 2.53. The fraction of sp³-hybridized carbons (Fsp3) is 0.846. The number of carboxylic acids is 1. The molecule has 0 bridgehead atoms. The summed E-state index contributed by atoms with van der Waals surface area (Å²) in [4.78, 5) is 21.9. The number of urea groups is 1. The summed E-state index contributed by atoms with van der Waals surface area (Å²) in [6.45, 7) is 6.90. The molecule has 0 rings (SSSR count). The number of hydrogen-bond donors (Lipinski definition) is 4. The normalized spacial score (nSPS) is 13.8. The number of carbonyl (C=O) groups excluding carboxylic acids is 1. The van der Waals surface area contributed by atoms with Crippen molar-refractivity contribution in [1.29, 1.82) is 0 Å². The zero-order chi connectivity index (χ0) is 15.6. The molecule has 20 heavy (non-hydrogen) atoms. The van der Waals surface area contributed by atoms with Crippen molar-refractivity contribution in [3.05, 3.63) is 0 Å². The Morgan fingerprint density at radius 2 is 1.90 bits per heavy atom. The van der Waals surface area contributed by atoms with Gasteiger partial charge in [-0.25, -0.2) is 4.79 Å². The van der Waals surface area contributed by atoms with Crippen LogP contribution >= 0.6 is 0 Å². The molecule has 0 aliphatic rings. The molecule has 4 N–H and O–H groups in total. The molecular weight excluding hydrogens is 264 g/mol. The minimum Gasteiger partial charge on any atom is -0.481 e. The van der Waals surface area contributed by atoms with Gasteiger partial charge in [-0.2, -0.15) is 0 Å². The van der Waals surface area contributed by atoms with Gasteiger partial charge < -0.3 is 25.6 Å². The predicted octanol–water partition coefficient (Wildman–Crippen LogP) is 0.574. The van der Waals surface area contributed by atoms with Crippen molar-refractivity contribution in [3.8, 4) is 0 Å². The Labute approximate surface area is 119 Å². The summed E-state index contributed by atoms with van der Waals surface area (Å²) >= 11 is 0. The predicted molar refractivity (Wildman–Crippen MR) is 74.6 cm³/mol. The van der Waals surface area contributed by atoms with Crippen LogP contribution in [0.1, 0.15) is 33.6 Å². The third-order valence-corrected chi connectivity index (χ3v) is 2.53. The molecule has 0 heterocycles. The van der Waals surface area contributed by atoms with Crippen molar-refractivity contribution < 1.29 is 24.5 Å². The van der Waals surface area contributed by atoms with E-state index in [1.807, 2.05) is 0 Å². The molecule has 2 amide bonds. The molecule has 0 saturated heterocycles. The second kappa shape index (κ2) is 9.55. The van der Waals surface area contributed by atoms with Gasteiger partial charge in [0.2, 0.25) is 0 Å². The van der Waals surface area contributed by atoms with Crippen molar-refractivity contribution in [2.45, 2.75) is 39.2 Å². The molecule has 1 atom stereocenters. The largest absolute Gasteiger partial charge is 0.481 e. The van der Waals surface area contributed by atoms with Crippen molar-refractivity contribution in [2.24, 2.45) is 5.92 Å². The molecule has 7 nitrogen and oxygen atoms in total. The Morgan fingerprint density at radius 3 is 2.45 bits per heavy atom. The maximum Gasteiger partial charge on any atom is 0.314 e. The Morgan fingerprint density at radius 1 is 1.25 bits per heavy atom. The average Bonchev–Trinajstić information content (AvgIpc) is 2.29. The number of carbonyl (C=O) groups is 2. The quantitative estimate of drug-likeness (QED) is 0.440. The molecule has 118 valence electrons. The van der Waals surface area contributed by atoms with Crippen LogP contribution < -0.4 is 10.6 Å². The monoisotopic (exact) mass is 290 g/mol. The Hall–Kier alpha value is -1.34. The van der Waals surface area contributed by atoms with Crippen molar-refractivity contribution in [1.82, 2.24) is 10.6 Å². The molecule has 0 aromatic rings. The fourth-order valence-corrected chi connectivity index (χ4v) is 1.38. The smallest absolute Gasteiger partial charge is 0.314 e. The van der Waals surface area contributed by atoms with Crippen molar-refractivity contribution in [2.75, 3.05) is 26.3 Å². The van der Waals surface area contributed by atoms with Gasteiger partial charge in [0.25, 0.3) is 0 Å². The molecule has 0 radical (unpaired) electrons. The minimum atomic E-state index is -1.46. The van der Waals surface area contributed by atoms with Gasteiger partial charge in [0.15, 0.2) is 0 Å². The fourth-order valence-electron chi connectivity index (χ4n) is 1.38. The number of ether oxygens (including phenoxy) is 1. The molecule has 0 spiro atoms. The van der Waals surface area contributed by atoms with Gasteiger partial charge in [-0.3, -0.25) is 4.79 Å². The summed E-state index contributed by atoms with van der Waals surface area (Å²) < 4.78 is 5.32. The van der Waals surface area contributed by atoms with E-state index in [-0.39, 0.29) is 6.54 Å². The van der Waals surface area contributed by atoms with Gasteiger partial charge >= 0.3 is 12.0 Å². The highest BCUT2D eigenvalue weighted by Crippen LogP contribution is 2.06. The SMILES string of the molecule is CC(C)CCOCCNC(=O)NCC(C)(O)CC(=O)O. The van der Waals surface area contributed by atoms with Crippen molar-refractivity contribution >= 4 is 12.0 Å². The maximum absolute atomic E-state index is 11.4. The first kappa shape index (κ1) is 18.7. The van der Waals surface area contributed by atoms with E-state index in [1.54, 1.807) is 0 Å². The molecule has 0 aliphatic heterocycles. The van der Waals surface area contributed by atoms with E-state index in [0.29, 0.717) is 25.7 Å². The second-order valence-corrected chi connectivity index (χ2v) is 5.47. The van der Waals surface area contributed by atoms with Crippen LogP contribution in [-0.4, -0.2) is 54.1 Å². The van der Waals surface area contributed by atoms with Gasteiger partial charge in [0.1, 0.15) is 0 Å². The van der Waals surface area contributed by atoms with Gasteiger partial charge in [0.05, 0.1) is 18.6 Å². The lowest BCUT2D eigenvalue weighted by molar-refractivity contribution is -0.141. The standard InChI is InChI=1S/C13H26N2O5/c1-10(2)4-6-20-7-5-14-12(18)15-9-13(3,19)8-11(16)17/h10,19H,4-9H2,1-3H3,(H,16,17)(H2,14,15,18). The van der Waals surface area contributed by atoms with Crippen LogP contribution in [0.15, 0.2) is 0 Å². The first-order valence-corrected chi connectivity index (χ1v) is 6.76. The van der Waals surface area contributed by atoms with Crippen LogP contribution in [0.25, 0.3) is 0 Å². The van der Waals surface area contributed by atoms with E-state index in [4.69, 9.17) is 9.84 Å². The Kier molecular flexibility index (Phi) is 8.91. The van der Waals surface area contributed by atoms with Crippen molar-refractivity contribution in [3.63, 3.8) is 0 Å². The summed E-state index contributed by atoms with van der Waals surface area (Å²) in [6.07, 6.45) is 0.551. The van der Waals surface area contributed by atoms with E-state index < -0.39 is 24.0 Å². The summed E-state index contributed by atoms with van der Waals surface area (Å²) in [5, 5.41) is 23.2. The number of nitrogens with one attached hydrogen (secondary N) is 2. The minimum absolute atomic E-state index is 0.126. The number of hydrogen-bond acceptors (Lipinski definition) is 4. The van der Waals surface area contributed by atoms with Crippen LogP contribution in [0.4, 0.5) is 4.79 Å². The molecule has 0 aliphatic carbocycles. The van der Waals surface area contributed by atoms with Crippen LogP contribution in [0, 0.1) is 5.92 Å². The van der Waals surface area contributed by atoms with Gasteiger partial charge in [-0.15, -0.1) is 0 Å². The van der Waals surface area contributed by atoms with Gasteiger partial charge in [-0.05, 0) is 19.3 Å². The zero-order valence-corrected chi connectivity index (χ0v) is 12.4. The number of rotatable bonds is 10. The third kappa shape index (κ3) is 11.7. The number of aliphatic carboxylic acids is 1. The van der Waals surface area contributed by atoms with Gasteiger partial charge in [0, 0.05) is 19.7 Å². The maximum atomic E-state index is 11.4. The highest BCUT2D eigenvalue weighted by atomic mass is 16.5. The number of amides is 2. The lowest BCUT2D eigenvalue weighted by Gasteiger charge is -2.21. The van der Waals surface area contributed by atoms with Crippen LogP contribution in [0.5, 0.6) is 0 Å². The first-order chi connectivity index (χ1) is 9.23.